The number of benzene rings is 1. The van der Waals surface area contributed by atoms with Gasteiger partial charge in [0.15, 0.2) is 0 Å². The van der Waals surface area contributed by atoms with Crippen LogP contribution < -0.4 is 16.6 Å². The Hall–Kier alpha value is -2.05. The topological polar surface area (TPSA) is 85.0 Å². The molecule has 0 atom stereocenters. The van der Waals surface area contributed by atoms with E-state index in [0.717, 1.165) is 0 Å². The number of nitrogens with one attached hydrogen (secondary N) is 2. The Kier molecular flexibility index (Phi) is 4.26. The van der Waals surface area contributed by atoms with Crippen LogP contribution in [0.25, 0.3) is 0 Å². The van der Waals surface area contributed by atoms with Crippen LogP contribution >= 0.6 is 11.6 Å². The van der Waals surface area contributed by atoms with E-state index in [2.05, 4.69) is 15.8 Å². The summed E-state index contributed by atoms with van der Waals surface area (Å²) in [4.78, 5) is 12.3. The zero-order valence-corrected chi connectivity index (χ0v) is 12.0. The van der Waals surface area contributed by atoms with E-state index in [1.165, 1.54) is 0 Å². The number of aromatic nitrogens is 2. The molecule has 0 aliphatic carbocycles. The second-order valence-electron chi connectivity index (χ2n) is 4.54. The number of rotatable bonds is 4. The zero-order valence-electron chi connectivity index (χ0n) is 11.2. The smallest absolute Gasteiger partial charge is 0.259 e. The molecule has 2 aromatic rings. The van der Waals surface area contributed by atoms with E-state index in [1.807, 2.05) is 13.8 Å². The lowest BCUT2D eigenvalue weighted by molar-refractivity contribution is 0.102. The van der Waals surface area contributed by atoms with Crippen LogP contribution in [0.5, 0.6) is 0 Å². The Morgan fingerprint density at radius 2 is 2.15 bits per heavy atom. The lowest BCUT2D eigenvalue weighted by Crippen LogP contribution is -2.19. The van der Waals surface area contributed by atoms with Gasteiger partial charge in [0.05, 0.1) is 17.4 Å². The van der Waals surface area contributed by atoms with E-state index in [4.69, 9.17) is 17.4 Å². The maximum absolute atomic E-state index is 12.3. The molecule has 0 aliphatic rings. The molecule has 2 rings (SSSR count). The molecule has 6 nitrogen and oxygen atoms in total. The molecule has 0 spiro atoms. The van der Waals surface area contributed by atoms with E-state index in [0.29, 0.717) is 22.1 Å². The number of anilines is 2. The zero-order chi connectivity index (χ0) is 14.7. The summed E-state index contributed by atoms with van der Waals surface area (Å²) >= 11 is 5.92. The van der Waals surface area contributed by atoms with Crippen molar-refractivity contribution in [2.75, 3.05) is 10.7 Å². The van der Waals surface area contributed by atoms with Gasteiger partial charge in [-0.3, -0.25) is 10.6 Å². The summed E-state index contributed by atoms with van der Waals surface area (Å²) in [5.74, 6) is 5.71. The van der Waals surface area contributed by atoms with Gasteiger partial charge in [-0.2, -0.15) is 5.10 Å². The van der Waals surface area contributed by atoms with E-state index in [-0.39, 0.29) is 11.9 Å². The minimum absolute atomic E-state index is 0.145. The van der Waals surface area contributed by atoms with Crippen molar-refractivity contribution in [1.29, 1.82) is 0 Å². The van der Waals surface area contributed by atoms with Crippen molar-refractivity contribution < 1.29 is 4.79 Å². The lowest BCUT2D eigenvalue weighted by atomic mass is 10.1. The van der Waals surface area contributed by atoms with Gasteiger partial charge in [0, 0.05) is 17.1 Å². The second kappa shape index (κ2) is 5.94. The Morgan fingerprint density at radius 3 is 2.80 bits per heavy atom. The Labute approximate surface area is 121 Å². The maximum Gasteiger partial charge on any atom is 0.259 e. The number of nitrogen functional groups attached to an aromatic ring is 1. The second-order valence-corrected chi connectivity index (χ2v) is 4.98. The highest BCUT2D eigenvalue weighted by molar-refractivity contribution is 6.31. The van der Waals surface area contributed by atoms with Gasteiger partial charge in [0.1, 0.15) is 5.82 Å². The SMILES string of the molecule is CC(C)n1nccc1NC(=O)c1cc(Cl)ccc1NN. The van der Waals surface area contributed by atoms with Crippen LogP contribution in [0.15, 0.2) is 30.5 Å². The first-order valence-corrected chi connectivity index (χ1v) is 6.51. The third kappa shape index (κ3) is 2.92. The molecule has 0 aliphatic heterocycles. The number of nitrogens with zero attached hydrogens (tertiary/aromatic N) is 2. The molecule has 1 aromatic carbocycles. The van der Waals surface area contributed by atoms with Crippen molar-refractivity contribution in [3.63, 3.8) is 0 Å². The van der Waals surface area contributed by atoms with Gasteiger partial charge in [-0.1, -0.05) is 11.6 Å². The normalized spacial score (nSPS) is 10.7. The van der Waals surface area contributed by atoms with Crippen LogP contribution in [-0.4, -0.2) is 15.7 Å². The summed E-state index contributed by atoms with van der Waals surface area (Å²) < 4.78 is 1.72. The predicted octanol–water partition coefficient (Wildman–Crippen LogP) is 2.66. The molecule has 0 saturated carbocycles. The van der Waals surface area contributed by atoms with Crippen molar-refractivity contribution in [2.45, 2.75) is 19.9 Å². The molecule has 7 heteroatoms. The molecule has 0 bridgehead atoms. The monoisotopic (exact) mass is 293 g/mol. The molecule has 1 amide bonds. The fourth-order valence-corrected chi connectivity index (χ4v) is 2.01. The van der Waals surface area contributed by atoms with Crippen molar-refractivity contribution in [3.05, 3.63) is 41.0 Å². The summed E-state index contributed by atoms with van der Waals surface area (Å²) in [6.45, 7) is 3.96. The van der Waals surface area contributed by atoms with Crippen LogP contribution in [-0.2, 0) is 0 Å². The fraction of sp³-hybridized carbons (Fsp3) is 0.231. The predicted molar refractivity (Wildman–Crippen MR) is 79.8 cm³/mol. The van der Waals surface area contributed by atoms with Crippen LogP contribution in [0, 0.1) is 0 Å². The molecule has 0 radical (unpaired) electrons. The third-order valence-corrected chi connectivity index (χ3v) is 3.02. The number of hydrogen-bond donors (Lipinski definition) is 3. The summed E-state index contributed by atoms with van der Waals surface area (Å²) in [5, 5.41) is 7.42. The van der Waals surface area contributed by atoms with Crippen molar-refractivity contribution in [2.24, 2.45) is 5.84 Å². The van der Waals surface area contributed by atoms with Gasteiger partial charge < -0.3 is 10.7 Å². The fourth-order valence-electron chi connectivity index (χ4n) is 1.84. The molecule has 0 fully saturated rings. The number of carbonyl (C=O) groups excluding carboxylic acids is 1. The summed E-state index contributed by atoms with van der Waals surface area (Å²) in [6.07, 6.45) is 1.63. The minimum Gasteiger partial charge on any atom is -0.323 e. The van der Waals surface area contributed by atoms with Gasteiger partial charge in [-0.15, -0.1) is 0 Å². The number of amides is 1. The highest BCUT2D eigenvalue weighted by Crippen LogP contribution is 2.22. The Balaban J connectivity index is 2.28. The van der Waals surface area contributed by atoms with Crippen LogP contribution in [0.3, 0.4) is 0 Å². The summed E-state index contributed by atoms with van der Waals surface area (Å²) in [6, 6.07) is 6.75. The standard InChI is InChI=1S/C13H16ClN5O/c1-8(2)19-12(5-6-16-19)17-13(20)10-7-9(14)3-4-11(10)18-15/h3-8,18H,15H2,1-2H3,(H,17,20). The molecule has 0 saturated heterocycles. The molecule has 4 N–H and O–H groups in total. The van der Waals surface area contributed by atoms with Crippen LogP contribution in [0.4, 0.5) is 11.5 Å². The van der Waals surface area contributed by atoms with Crippen LogP contribution in [0.1, 0.15) is 30.2 Å². The lowest BCUT2D eigenvalue weighted by Gasteiger charge is -2.13. The van der Waals surface area contributed by atoms with Crippen molar-refractivity contribution >= 4 is 29.0 Å². The van der Waals surface area contributed by atoms with Gasteiger partial charge in [-0.25, -0.2) is 4.68 Å². The summed E-state index contributed by atoms with van der Waals surface area (Å²) in [5.41, 5.74) is 3.35. The Morgan fingerprint density at radius 1 is 1.40 bits per heavy atom. The first-order valence-electron chi connectivity index (χ1n) is 6.14. The largest absolute Gasteiger partial charge is 0.323 e. The highest BCUT2D eigenvalue weighted by atomic mass is 35.5. The maximum atomic E-state index is 12.3. The van der Waals surface area contributed by atoms with E-state index in [1.54, 1.807) is 35.1 Å². The number of nitrogens with two attached hydrogens (primary N) is 1. The van der Waals surface area contributed by atoms with Crippen molar-refractivity contribution in [1.82, 2.24) is 9.78 Å². The number of hydrogen-bond acceptors (Lipinski definition) is 4. The van der Waals surface area contributed by atoms with Crippen LogP contribution in [0.2, 0.25) is 5.02 Å². The molecule has 106 valence electrons. The molecule has 1 heterocycles. The molecular formula is C13H16ClN5O. The van der Waals surface area contributed by atoms with Crippen molar-refractivity contribution in [3.8, 4) is 0 Å². The molecule has 0 unspecified atom stereocenters. The van der Waals surface area contributed by atoms with E-state index >= 15 is 0 Å². The van der Waals surface area contributed by atoms with E-state index < -0.39 is 0 Å². The molecule has 20 heavy (non-hydrogen) atoms. The van der Waals surface area contributed by atoms with Gasteiger partial charge in [0.25, 0.3) is 5.91 Å². The van der Waals surface area contributed by atoms with E-state index in [9.17, 15) is 4.79 Å². The van der Waals surface area contributed by atoms with Gasteiger partial charge in [-0.05, 0) is 32.0 Å². The average Bonchev–Trinajstić information content (AvgIpc) is 2.87. The molecular weight excluding hydrogens is 278 g/mol. The number of carbonyl (C=O) groups is 1. The quantitative estimate of drug-likeness (QED) is 0.597. The molecule has 1 aromatic heterocycles. The number of hydrazine groups is 1. The number of halogens is 1. The first-order chi connectivity index (χ1) is 9.52. The Bertz CT molecular complexity index is 623. The van der Waals surface area contributed by atoms with Gasteiger partial charge >= 0.3 is 0 Å². The highest BCUT2D eigenvalue weighted by Gasteiger charge is 2.14. The third-order valence-electron chi connectivity index (χ3n) is 2.78. The summed E-state index contributed by atoms with van der Waals surface area (Å²) in [7, 11) is 0. The average molecular weight is 294 g/mol. The van der Waals surface area contributed by atoms with Gasteiger partial charge in [0.2, 0.25) is 0 Å². The minimum atomic E-state index is -0.303. The first kappa shape index (κ1) is 14.4.